The molecule has 0 aliphatic carbocycles. The molecule has 1 aromatic rings. The first-order chi connectivity index (χ1) is 9.22. The number of hydrogen-bond donors (Lipinski definition) is 0. The fourth-order valence-electron chi connectivity index (χ4n) is 2.46. The summed E-state index contributed by atoms with van der Waals surface area (Å²) in [5, 5.41) is 0. The van der Waals surface area contributed by atoms with Crippen LogP contribution in [0, 0.1) is 0 Å². The predicted molar refractivity (Wildman–Crippen MR) is 73.7 cm³/mol. The Morgan fingerprint density at radius 2 is 2.37 bits per heavy atom. The molecule has 1 aromatic carbocycles. The van der Waals surface area contributed by atoms with Crippen molar-refractivity contribution in [3.63, 3.8) is 0 Å². The molecule has 4 nitrogen and oxygen atoms in total. The maximum absolute atomic E-state index is 10.9. The van der Waals surface area contributed by atoms with E-state index in [0.29, 0.717) is 5.56 Å². The summed E-state index contributed by atoms with van der Waals surface area (Å²) < 4.78 is 11.0. The molecule has 19 heavy (non-hydrogen) atoms. The zero-order chi connectivity index (χ0) is 13.7. The highest BCUT2D eigenvalue weighted by atomic mass is 16.5. The molecule has 0 N–H and O–H groups in total. The molecule has 1 heterocycles. The van der Waals surface area contributed by atoms with Gasteiger partial charge in [0, 0.05) is 37.4 Å². The van der Waals surface area contributed by atoms with Gasteiger partial charge in [0.1, 0.15) is 12.0 Å². The third-order valence-electron chi connectivity index (χ3n) is 3.37. The van der Waals surface area contributed by atoms with Crippen LogP contribution in [0.3, 0.4) is 0 Å². The number of benzene rings is 1. The molecule has 0 bridgehead atoms. The number of methoxy groups -OCH3 is 1. The Balaban J connectivity index is 2.13. The number of carbonyl (C=O) groups excluding carboxylic acids is 1. The summed E-state index contributed by atoms with van der Waals surface area (Å²) in [7, 11) is 1.66. The molecular weight excluding hydrogens is 242 g/mol. The fraction of sp³-hybridized carbons (Fsp3) is 0.533. The van der Waals surface area contributed by atoms with Gasteiger partial charge in [0.15, 0.2) is 0 Å². The summed E-state index contributed by atoms with van der Waals surface area (Å²) in [5.41, 5.74) is 1.75. The average molecular weight is 263 g/mol. The third kappa shape index (κ3) is 3.78. The summed E-state index contributed by atoms with van der Waals surface area (Å²) in [6, 6.07) is 5.54. The monoisotopic (exact) mass is 263 g/mol. The normalized spacial score (nSPS) is 20.8. The first-order valence-electron chi connectivity index (χ1n) is 6.69. The molecule has 1 saturated heterocycles. The standard InChI is InChI=1S/C15H21NO3/c1-12-9-16(6-3-7-19-12)10-14-8-13(11-17)4-5-15(14)18-2/h4-5,8,11-12H,3,6-7,9-10H2,1-2H3. The Hall–Kier alpha value is -1.39. The Bertz CT molecular complexity index is 433. The van der Waals surface area contributed by atoms with Crippen molar-refractivity contribution in [2.24, 2.45) is 0 Å². The van der Waals surface area contributed by atoms with Gasteiger partial charge in [0.25, 0.3) is 0 Å². The van der Waals surface area contributed by atoms with Crippen LogP contribution in [0.1, 0.15) is 29.3 Å². The van der Waals surface area contributed by atoms with E-state index in [1.54, 1.807) is 13.2 Å². The van der Waals surface area contributed by atoms with E-state index in [2.05, 4.69) is 11.8 Å². The van der Waals surface area contributed by atoms with Crippen molar-refractivity contribution in [2.45, 2.75) is 26.0 Å². The summed E-state index contributed by atoms with van der Waals surface area (Å²) in [4.78, 5) is 13.2. The van der Waals surface area contributed by atoms with Gasteiger partial charge in [-0.1, -0.05) is 0 Å². The van der Waals surface area contributed by atoms with Gasteiger partial charge in [0.05, 0.1) is 13.2 Å². The van der Waals surface area contributed by atoms with E-state index in [4.69, 9.17) is 9.47 Å². The van der Waals surface area contributed by atoms with Gasteiger partial charge in [-0.15, -0.1) is 0 Å². The van der Waals surface area contributed by atoms with Crippen LogP contribution in [0.5, 0.6) is 5.75 Å². The Kier molecular flexibility index (Phi) is 4.93. The van der Waals surface area contributed by atoms with Crippen molar-refractivity contribution in [1.82, 2.24) is 4.90 Å². The van der Waals surface area contributed by atoms with Crippen LogP contribution >= 0.6 is 0 Å². The lowest BCUT2D eigenvalue weighted by Crippen LogP contribution is -2.30. The minimum atomic E-state index is 0.253. The molecule has 4 heteroatoms. The molecule has 0 amide bonds. The quantitative estimate of drug-likeness (QED) is 0.780. The highest BCUT2D eigenvalue weighted by Crippen LogP contribution is 2.22. The maximum atomic E-state index is 10.9. The minimum absolute atomic E-state index is 0.253. The molecule has 1 fully saturated rings. The van der Waals surface area contributed by atoms with E-state index in [1.165, 1.54) is 0 Å². The minimum Gasteiger partial charge on any atom is -0.496 e. The lowest BCUT2D eigenvalue weighted by molar-refractivity contribution is 0.0667. The second-order valence-electron chi connectivity index (χ2n) is 4.96. The number of carbonyl (C=O) groups is 1. The number of aldehydes is 1. The summed E-state index contributed by atoms with van der Waals surface area (Å²) in [6.07, 6.45) is 2.17. The van der Waals surface area contributed by atoms with E-state index in [-0.39, 0.29) is 6.10 Å². The molecule has 0 aromatic heterocycles. The largest absolute Gasteiger partial charge is 0.496 e. The third-order valence-corrected chi connectivity index (χ3v) is 3.37. The summed E-state index contributed by atoms with van der Waals surface area (Å²) in [5.74, 6) is 0.836. The van der Waals surface area contributed by atoms with E-state index < -0.39 is 0 Å². The van der Waals surface area contributed by atoms with Gasteiger partial charge in [-0.3, -0.25) is 9.69 Å². The van der Waals surface area contributed by atoms with Crippen LogP contribution in [0.2, 0.25) is 0 Å². The van der Waals surface area contributed by atoms with Crippen LogP contribution in [0.25, 0.3) is 0 Å². The van der Waals surface area contributed by atoms with Gasteiger partial charge >= 0.3 is 0 Å². The molecule has 2 rings (SSSR count). The van der Waals surface area contributed by atoms with Gasteiger partial charge in [-0.2, -0.15) is 0 Å². The van der Waals surface area contributed by atoms with Gasteiger partial charge in [-0.25, -0.2) is 0 Å². The molecule has 1 aliphatic heterocycles. The van der Waals surface area contributed by atoms with E-state index in [0.717, 1.165) is 50.3 Å². The average Bonchev–Trinajstić information content (AvgIpc) is 2.63. The Morgan fingerprint density at radius 1 is 1.53 bits per heavy atom. The number of nitrogens with zero attached hydrogens (tertiary/aromatic N) is 1. The molecule has 104 valence electrons. The number of rotatable bonds is 4. The van der Waals surface area contributed by atoms with Crippen LogP contribution in [0.4, 0.5) is 0 Å². The van der Waals surface area contributed by atoms with Crippen LogP contribution in [-0.2, 0) is 11.3 Å². The number of hydrogen-bond acceptors (Lipinski definition) is 4. The topological polar surface area (TPSA) is 38.8 Å². The molecule has 0 saturated carbocycles. The van der Waals surface area contributed by atoms with Gasteiger partial charge in [0.2, 0.25) is 0 Å². The molecule has 1 unspecified atom stereocenters. The zero-order valence-electron chi connectivity index (χ0n) is 11.6. The van der Waals surface area contributed by atoms with Crippen LogP contribution < -0.4 is 4.74 Å². The van der Waals surface area contributed by atoms with Crippen LogP contribution in [-0.4, -0.2) is 44.1 Å². The molecule has 1 aliphatic rings. The molecule has 1 atom stereocenters. The van der Waals surface area contributed by atoms with Crippen molar-refractivity contribution in [3.8, 4) is 5.75 Å². The van der Waals surface area contributed by atoms with Gasteiger partial charge in [-0.05, 0) is 31.5 Å². The summed E-state index contributed by atoms with van der Waals surface area (Å²) >= 11 is 0. The Labute approximate surface area is 114 Å². The highest BCUT2D eigenvalue weighted by molar-refractivity contribution is 5.75. The molecular formula is C15H21NO3. The van der Waals surface area contributed by atoms with Crippen molar-refractivity contribution >= 4 is 6.29 Å². The van der Waals surface area contributed by atoms with E-state index in [1.807, 2.05) is 12.1 Å². The van der Waals surface area contributed by atoms with Crippen molar-refractivity contribution in [2.75, 3.05) is 26.8 Å². The Morgan fingerprint density at radius 3 is 3.11 bits per heavy atom. The van der Waals surface area contributed by atoms with Crippen molar-refractivity contribution in [1.29, 1.82) is 0 Å². The molecule has 0 spiro atoms. The first kappa shape index (κ1) is 14.0. The van der Waals surface area contributed by atoms with Gasteiger partial charge < -0.3 is 9.47 Å². The first-order valence-corrected chi connectivity index (χ1v) is 6.69. The zero-order valence-corrected chi connectivity index (χ0v) is 11.6. The highest BCUT2D eigenvalue weighted by Gasteiger charge is 2.16. The SMILES string of the molecule is COc1ccc(C=O)cc1CN1CCCOC(C)C1. The summed E-state index contributed by atoms with van der Waals surface area (Å²) in [6.45, 7) is 5.63. The van der Waals surface area contributed by atoms with Crippen LogP contribution in [0.15, 0.2) is 18.2 Å². The fourth-order valence-corrected chi connectivity index (χ4v) is 2.46. The van der Waals surface area contributed by atoms with Crippen molar-refractivity contribution < 1.29 is 14.3 Å². The lowest BCUT2D eigenvalue weighted by Gasteiger charge is -2.23. The second kappa shape index (κ2) is 6.68. The predicted octanol–water partition coefficient (Wildman–Crippen LogP) is 2.12. The van der Waals surface area contributed by atoms with E-state index >= 15 is 0 Å². The van der Waals surface area contributed by atoms with E-state index in [9.17, 15) is 4.79 Å². The maximum Gasteiger partial charge on any atom is 0.150 e. The second-order valence-corrected chi connectivity index (χ2v) is 4.96. The van der Waals surface area contributed by atoms with Crippen molar-refractivity contribution in [3.05, 3.63) is 29.3 Å². The smallest absolute Gasteiger partial charge is 0.150 e. The number of ether oxygens (including phenoxy) is 2. The lowest BCUT2D eigenvalue weighted by atomic mass is 10.1. The molecule has 0 radical (unpaired) electrons.